The first-order chi connectivity index (χ1) is 8.08. The van der Waals surface area contributed by atoms with E-state index in [1.807, 2.05) is 0 Å². The molecule has 4 nitrogen and oxygen atoms in total. The number of carbonyl (C=O) groups is 1. The summed E-state index contributed by atoms with van der Waals surface area (Å²) in [4.78, 5) is 10.6. The Morgan fingerprint density at radius 2 is 2.35 bits per heavy atom. The van der Waals surface area contributed by atoms with Crippen LogP contribution in [-0.2, 0) is 16.1 Å². The van der Waals surface area contributed by atoms with Gasteiger partial charge in [-0.3, -0.25) is 4.79 Å². The normalized spacial score (nSPS) is 15.9. The number of fused-ring (bicyclic) bond motifs is 1. The van der Waals surface area contributed by atoms with Gasteiger partial charge < -0.3 is 14.6 Å². The molecule has 0 radical (unpaired) electrons. The zero-order valence-corrected chi connectivity index (χ0v) is 9.40. The van der Waals surface area contributed by atoms with Crippen molar-refractivity contribution in [1.82, 2.24) is 0 Å². The maximum absolute atomic E-state index is 13.7. The fourth-order valence-corrected chi connectivity index (χ4v) is 1.86. The number of benzene rings is 1. The Balaban J connectivity index is 2.30. The Hall–Kier alpha value is -1.62. The summed E-state index contributed by atoms with van der Waals surface area (Å²) in [6.07, 6.45) is -0.0278. The molecule has 1 heterocycles. The van der Waals surface area contributed by atoms with Gasteiger partial charge in [0, 0.05) is 5.56 Å². The van der Waals surface area contributed by atoms with Crippen molar-refractivity contribution in [2.24, 2.45) is 0 Å². The molecule has 1 N–H and O–H groups in total. The highest BCUT2D eigenvalue weighted by Crippen LogP contribution is 2.31. The van der Waals surface area contributed by atoms with Crippen LogP contribution in [0.5, 0.6) is 5.75 Å². The van der Waals surface area contributed by atoms with Crippen LogP contribution in [0.25, 0.3) is 0 Å². The van der Waals surface area contributed by atoms with E-state index in [-0.39, 0.29) is 24.9 Å². The lowest BCUT2D eigenvalue weighted by Gasteiger charge is -2.20. The van der Waals surface area contributed by atoms with Crippen LogP contribution >= 0.6 is 0 Å². The van der Waals surface area contributed by atoms with Gasteiger partial charge >= 0.3 is 5.97 Å². The minimum atomic E-state index is -0.900. The van der Waals surface area contributed by atoms with Crippen molar-refractivity contribution >= 4 is 5.97 Å². The predicted molar refractivity (Wildman–Crippen MR) is 57.4 cm³/mol. The van der Waals surface area contributed by atoms with Crippen LogP contribution in [0.1, 0.15) is 30.4 Å². The Bertz CT molecular complexity index is 444. The van der Waals surface area contributed by atoms with Gasteiger partial charge in [0.2, 0.25) is 0 Å². The molecule has 0 amide bonds. The first-order valence-corrected chi connectivity index (χ1v) is 5.32. The van der Waals surface area contributed by atoms with E-state index in [1.54, 1.807) is 13.0 Å². The first kappa shape index (κ1) is 11.9. The minimum absolute atomic E-state index is 0.0278. The quantitative estimate of drug-likeness (QED) is 0.880. The van der Waals surface area contributed by atoms with E-state index >= 15 is 0 Å². The van der Waals surface area contributed by atoms with Crippen LogP contribution in [-0.4, -0.2) is 17.9 Å². The molecular weight excluding hydrogens is 227 g/mol. The number of aliphatic carboxylic acids is 1. The zero-order valence-electron chi connectivity index (χ0n) is 9.40. The lowest BCUT2D eigenvalue weighted by atomic mass is 9.95. The number of hydrogen-bond acceptors (Lipinski definition) is 3. The predicted octanol–water partition coefficient (Wildman–Crippen LogP) is 2.27. The third-order valence-electron chi connectivity index (χ3n) is 2.74. The molecule has 17 heavy (non-hydrogen) atoms. The van der Waals surface area contributed by atoms with E-state index in [9.17, 15) is 9.18 Å². The molecule has 0 spiro atoms. The number of carboxylic acids is 1. The molecule has 0 fully saturated rings. The van der Waals surface area contributed by atoms with Gasteiger partial charge in [0.1, 0.15) is 0 Å². The molecule has 1 atom stereocenters. The van der Waals surface area contributed by atoms with Crippen LogP contribution in [0.4, 0.5) is 4.39 Å². The van der Waals surface area contributed by atoms with E-state index in [4.69, 9.17) is 14.6 Å². The minimum Gasteiger partial charge on any atom is -0.481 e. The summed E-state index contributed by atoms with van der Waals surface area (Å²) >= 11 is 0. The molecule has 1 aromatic rings. The third-order valence-corrected chi connectivity index (χ3v) is 2.74. The van der Waals surface area contributed by atoms with Crippen molar-refractivity contribution < 1.29 is 23.8 Å². The Morgan fingerprint density at radius 3 is 3.06 bits per heavy atom. The van der Waals surface area contributed by atoms with Gasteiger partial charge in [-0.15, -0.1) is 0 Å². The van der Waals surface area contributed by atoms with Crippen molar-refractivity contribution in [3.05, 3.63) is 29.1 Å². The molecule has 0 saturated heterocycles. The smallest absolute Gasteiger partial charge is 0.303 e. The Labute approximate surface area is 98.0 Å². The molecule has 1 aliphatic rings. The first-order valence-electron chi connectivity index (χ1n) is 5.32. The fourth-order valence-electron chi connectivity index (χ4n) is 1.86. The SMILES string of the molecule is CC(CC(=O)O)c1cc(F)c2c(c1)COCO2. The molecule has 92 valence electrons. The van der Waals surface area contributed by atoms with Gasteiger partial charge in [0.25, 0.3) is 0 Å². The average Bonchev–Trinajstić information content (AvgIpc) is 2.28. The number of halogens is 1. The van der Waals surface area contributed by atoms with Gasteiger partial charge in [-0.2, -0.15) is 0 Å². The second kappa shape index (κ2) is 4.71. The van der Waals surface area contributed by atoms with Crippen LogP contribution in [0.3, 0.4) is 0 Å². The second-order valence-electron chi connectivity index (χ2n) is 4.10. The van der Waals surface area contributed by atoms with Crippen LogP contribution in [0, 0.1) is 5.82 Å². The lowest BCUT2D eigenvalue weighted by Crippen LogP contribution is -2.14. The molecular formula is C12H13FO4. The molecule has 1 aromatic carbocycles. The number of hydrogen-bond donors (Lipinski definition) is 1. The highest BCUT2D eigenvalue weighted by Gasteiger charge is 2.19. The molecule has 0 aliphatic carbocycles. The van der Waals surface area contributed by atoms with Crippen molar-refractivity contribution in [2.45, 2.75) is 25.9 Å². The summed E-state index contributed by atoms with van der Waals surface area (Å²) in [5.74, 6) is -1.39. The van der Waals surface area contributed by atoms with Crippen LogP contribution in [0.2, 0.25) is 0 Å². The molecule has 5 heteroatoms. The molecule has 1 aliphatic heterocycles. The van der Waals surface area contributed by atoms with Crippen LogP contribution in [0.15, 0.2) is 12.1 Å². The molecule has 0 bridgehead atoms. The van der Waals surface area contributed by atoms with Gasteiger partial charge in [0.05, 0.1) is 13.0 Å². The van der Waals surface area contributed by atoms with Gasteiger partial charge in [0.15, 0.2) is 18.4 Å². The summed E-state index contributed by atoms with van der Waals surface area (Å²) in [5.41, 5.74) is 1.28. The standard InChI is InChI=1S/C12H13FO4/c1-7(2-11(14)15)8-3-9-5-16-6-17-12(9)10(13)4-8/h3-4,7H,2,5-6H2,1H3,(H,14,15). The largest absolute Gasteiger partial charge is 0.481 e. The highest BCUT2D eigenvalue weighted by atomic mass is 19.1. The summed E-state index contributed by atoms with van der Waals surface area (Å²) in [5, 5.41) is 8.71. The van der Waals surface area contributed by atoms with E-state index < -0.39 is 11.8 Å². The summed E-state index contributed by atoms with van der Waals surface area (Å²) in [7, 11) is 0. The van der Waals surface area contributed by atoms with Crippen molar-refractivity contribution in [2.75, 3.05) is 6.79 Å². The zero-order chi connectivity index (χ0) is 12.4. The maximum Gasteiger partial charge on any atom is 0.303 e. The van der Waals surface area contributed by atoms with Crippen molar-refractivity contribution in [1.29, 1.82) is 0 Å². The van der Waals surface area contributed by atoms with Crippen molar-refractivity contribution in [3.63, 3.8) is 0 Å². The lowest BCUT2D eigenvalue weighted by molar-refractivity contribution is -0.137. The topological polar surface area (TPSA) is 55.8 Å². The van der Waals surface area contributed by atoms with Gasteiger partial charge in [-0.05, 0) is 23.6 Å². The Morgan fingerprint density at radius 1 is 1.59 bits per heavy atom. The molecule has 2 rings (SSSR count). The second-order valence-corrected chi connectivity index (χ2v) is 4.10. The monoisotopic (exact) mass is 240 g/mol. The number of carboxylic acid groups (broad SMARTS) is 1. The van der Waals surface area contributed by atoms with Gasteiger partial charge in [-0.25, -0.2) is 4.39 Å². The molecule has 1 unspecified atom stereocenters. The summed E-state index contributed by atoms with van der Waals surface area (Å²) < 4.78 is 23.8. The Kier molecular flexibility index (Phi) is 3.28. The van der Waals surface area contributed by atoms with Crippen molar-refractivity contribution in [3.8, 4) is 5.75 Å². The highest BCUT2D eigenvalue weighted by molar-refractivity contribution is 5.68. The van der Waals surface area contributed by atoms with Crippen LogP contribution < -0.4 is 4.74 Å². The molecule has 0 aromatic heterocycles. The third kappa shape index (κ3) is 2.55. The summed E-state index contributed by atoms with van der Waals surface area (Å²) in [6.45, 7) is 2.09. The molecule has 0 saturated carbocycles. The fraction of sp³-hybridized carbons (Fsp3) is 0.417. The van der Waals surface area contributed by atoms with E-state index in [2.05, 4.69) is 0 Å². The van der Waals surface area contributed by atoms with Gasteiger partial charge in [-0.1, -0.05) is 6.92 Å². The number of rotatable bonds is 3. The summed E-state index contributed by atoms with van der Waals surface area (Å²) in [6, 6.07) is 3.07. The van der Waals surface area contributed by atoms with E-state index in [0.29, 0.717) is 17.7 Å². The average molecular weight is 240 g/mol. The number of ether oxygens (including phenoxy) is 2. The van der Waals surface area contributed by atoms with E-state index in [0.717, 1.165) is 0 Å². The van der Waals surface area contributed by atoms with E-state index in [1.165, 1.54) is 6.07 Å². The maximum atomic E-state index is 13.7.